The van der Waals surface area contributed by atoms with E-state index in [9.17, 15) is 22.4 Å². The predicted octanol–water partition coefficient (Wildman–Crippen LogP) is 4.39. The highest BCUT2D eigenvalue weighted by Gasteiger charge is 2.40. The van der Waals surface area contributed by atoms with E-state index in [0.717, 1.165) is 6.07 Å². The third-order valence-corrected chi connectivity index (χ3v) is 5.36. The second kappa shape index (κ2) is 6.51. The number of alkyl halides is 4. The van der Waals surface area contributed by atoms with Gasteiger partial charge in [0.1, 0.15) is 5.67 Å². The zero-order chi connectivity index (χ0) is 19.3. The molecule has 0 atom stereocenters. The summed E-state index contributed by atoms with van der Waals surface area (Å²) in [5, 5.41) is 0. The predicted molar refractivity (Wildman–Crippen MR) is 90.5 cm³/mol. The molecule has 0 aromatic heterocycles. The fraction of sp³-hybridized carbons (Fsp3) is 0.632. The highest BCUT2D eigenvalue weighted by atomic mass is 19.4. The molecule has 7 heteroatoms. The van der Waals surface area contributed by atoms with Gasteiger partial charge in [-0.2, -0.15) is 13.2 Å². The summed E-state index contributed by atoms with van der Waals surface area (Å²) in [6, 6.07) is 2.57. The van der Waals surface area contributed by atoms with E-state index in [0.29, 0.717) is 38.0 Å². The van der Waals surface area contributed by atoms with Crippen LogP contribution in [0, 0.1) is 0 Å². The average molecular weight is 372 g/mol. The van der Waals surface area contributed by atoms with Crippen molar-refractivity contribution in [2.75, 3.05) is 13.1 Å². The van der Waals surface area contributed by atoms with Crippen LogP contribution >= 0.6 is 0 Å². The van der Waals surface area contributed by atoms with Crippen LogP contribution in [-0.2, 0) is 19.3 Å². The van der Waals surface area contributed by atoms with Crippen molar-refractivity contribution in [2.45, 2.75) is 64.6 Å². The van der Waals surface area contributed by atoms with Crippen molar-refractivity contribution in [3.8, 4) is 0 Å². The summed E-state index contributed by atoms with van der Waals surface area (Å²) in [4.78, 5) is 15.9. The number of hydrogen-bond donors (Lipinski definition) is 0. The molecule has 3 nitrogen and oxygen atoms in total. The molecule has 0 saturated carbocycles. The van der Waals surface area contributed by atoms with Gasteiger partial charge in [0, 0.05) is 37.8 Å². The molecule has 1 amide bonds. The Bertz CT molecular complexity index is 702. The molecular weight excluding hydrogens is 348 g/mol. The van der Waals surface area contributed by atoms with Gasteiger partial charge < -0.3 is 4.90 Å². The number of likely N-dealkylation sites (tertiary alicyclic amines) is 1. The number of nitrogens with zero attached hydrogens (tertiary/aromatic N) is 2. The van der Waals surface area contributed by atoms with Gasteiger partial charge in [0.25, 0.3) is 5.91 Å². The van der Waals surface area contributed by atoms with Crippen LogP contribution in [0.3, 0.4) is 0 Å². The molecule has 2 aliphatic heterocycles. The van der Waals surface area contributed by atoms with E-state index in [1.807, 2.05) is 4.90 Å². The molecule has 2 aliphatic rings. The van der Waals surface area contributed by atoms with Crippen LogP contribution in [0.5, 0.6) is 0 Å². The first-order chi connectivity index (χ1) is 12.0. The Kier molecular flexibility index (Phi) is 4.80. The molecule has 144 valence electrons. The molecule has 2 heterocycles. The molecule has 0 unspecified atom stereocenters. The first kappa shape index (κ1) is 19.1. The lowest BCUT2D eigenvalue weighted by atomic mass is 9.94. The highest BCUT2D eigenvalue weighted by molar-refractivity contribution is 5.99. The molecule has 3 rings (SSSR count). The zero-order valence-electron chi connectivity index (χ0n) is 15.3. The van der Waals surface area contributed by atoms with Crippen LogP contribution in [-0.4, -0.2) is 40.5 Å². The maximum absolute atomic E-state index is 13.9. The second-order valence-electron chi connectivity index (χ2n) is 7.88. The lowest BCUT2D eigenvalue weighted by molar-refractivity contribution is -0.138. The van der Waals surface area contributed by atoms with Gasteiger partial charge in [-0.3, -0.25) is 9.69 Å². The number of benzene rings is 1. The summed E-state index contributed by atoms with van der Waals surface area (Å²) >= 11 is 0. The Morgan fingerprint density at radius 1 is 1.19 bits per heavy atom. The van der Waals surface area contributed by atoms with Gasteiger partial charge in [-0.25, -0.2) is 4.39 Å². The average Bonchev–Trinajstić information content (AvgIpc) is 2.85. The standard InChI is InChI=1S/C19H24F4N2O/c1-12(2)25-11-15-14(17(25)26)8-13(9-16(15)19(21,22)23)10-24-6-4-18(3,20)5-7-24/h8-9,12H,4-7,10-11H2,1-3H3. The van der Waals surface area contributed by atoms with Crippen LogP contribution in [0.15, 0.2) is 12.1 Å². The molecule has 1 aromatic rings. The van der Waals surface area contributed by atoms with E-state index in [4.69, 9.17) is 0 Å². The quantitative estimate of drug-likeness (QED) is 0.735. The number of hydrogen-bond acceptors (Lipinski definition) is 2. The van der Waals surface area contributed by atoms with Crippen molar-refractivity contribution < 1.29 is 22.4 Å². The number of fused-ring (bicyclic) bond motifs is 1. The van der Waals surface area contributed by atoms with Gasteiger partial charge in [0.2, 0.25) is 0 Å². The first-order valence-corrected chi connectivity index (χ1v) is 8.93. The number of rotatable bonds is 3. The third-order valence-electron chi connectivity index (χ3n) is 5.36. The fourth-order valence-corrected chi connectivity index (χ4v) is 3.69. The number of carbonyl (C=O) groups excluding carboxylic acids is 1. The smallest absolute Gasteiger partial charge is 0.332 e. The van der Waals surface area contributed by atoms with Gasteiger partial charge in [-0.1, -0.05) is 0 Å². The lowest BCUT2D eigenvalue weighted by Gasteiger charge is -2.34. The molecule has 26 heavy (non-hydrogen) atoms. The van der Waals surface area contributed by atoms with E-state index >= 15 is 0 Å². The summed E-state index contributed by atoms with van der Waals surface area (Å²) < 4.78 is 54.6. The molecule has 1 saturated heterocycles. The van der Waals surface area contributed by atoms with Gasteiger partial charge in [0.15, 0.2) is 0 Å². The maximum atomic E-state index is 13.9. The Morgan fingerprint density at radius 2 is 1.81 bits per heavy atom. The van der Waals surface area contributed by atoms with Crippen molar-refractivity contribution in [2.24, 2.45) is 0 Å². The summed E-state index contributed by atoms with van der Waals surface area (Å²) in [5.74, 6) is -0.350. The minimum atomic E-state index is -4.51. The molecular formula is C19H24F4N2O. The normalized spacial score (nSPS) is 20.8. The number of carbonyl (C=O) groups is 1. The Morgan fingerprint density at radius 3 is 2.35 bits per heavy atom. The molecule has 0 spiro atoms. The minimum absolute atomic E-state index is 0.00905. The molecule has 1 fully saturated rings. The minimum Gasteiger partial charge on any atom is -0.332 e. The van der Waals surface area contributed by atoms with Gasteiger partial charge in [0.05, 0.1) is 5.56 Å². The van der Waals surface area contributed by atoms with Crippen molar-refractivity contribution in [3.05, 3.63) is 34.4 Å². The monoisotopic (exact) mass is 372 g/mol. The highest BCUT2D eigenvalue weighted by Crippen LogP contribution is 2.39. The Balaban J connectivity index is 1.91. The number of piperidine rings is 1. The zero-order valence-corrected chi connectivity index (χ0v) is 15.3. The van der Waals surface area contributed by atoms with E-state index in [1.54, 1.807) is 26.8 Å². The van der Waals surface area contributed by atoms with Crippen molar-refractivity contribution in [1.29, 1.82) is 0 Å². The van der Waals surface area contributed by atoms with Crippen molar-refractivity contribution in [3.63, 3.8) is 0 Å². The topological polar surface area (TPSA) is 23.6 Å². The Labute approximate surface area is 151 Å². The summed E-state index contributed by atoms with van der Waals surface area (Å²) in [5.41, 5.74) is -1.27. The first-order valence-electron chi connectivity index (χ1n) is 8.93. The summed E-state index contributed by atoms with van der Waals surface area (Å²) in [7, 11) is 0. The van der Waals surface area contributed by atoms with E-state index in [-0.39, 0.29) is 29.6 Å². The lowest BCUT2D eigenvalue weighted by Crippen LogP contribution is -2.39. The van der Waals surface area contributed by atoms with Crippen LogP contribution in [0.2, 0.25) is 0 Å². The van der Waals surface area contributed by atoms with Crippen LogP contribution in [0.25, 0.3) is 0 Å². The summed E-state index contributed by atoms with van der Waals surface area (Å²) in [6.45, 7) is 6.42. The van der Waals surface area contributed by atoms with Crippen LogP contribution < -0.4 is 0 Å². The van der Waals surface area contributed by atoms with E-state index in [2.05, 4.69) is 0 Å². The van der Waals surface area contributed by atoms with Gasteiger partial charge in [-0.15, -0.1) is 0 Å². The van der Waals surface area contributed by atoms with E-state index in [1.165, 1.54) is 4.90 Å². The number of amides is 1. The molecule has 0 aliphatic carbocycles. The van der Waals surface area contributed by atoms with E-state index < -0.39 is 17.4 Å². The second-order valence-corrected chi connectivity index (χ2v) is 7.88. The molecule has 0 radical (unpaired) electrons. The maximum Gasteiger partial charge on any atom is 0.416 e. The summed E-state index contributed by atoms with van der Waals surface area (Å²) in [6.07, 6.45) is -3.78. The largest absolute Gasteiger partial charge is 0.416 e. The third kappa shape index (κ3) is 3.72. The van der Waals surface area contributed by atoms with Gasteiger partial charge in [-0.05, 0) is 56.9 Å². The van der Waals surface area contributed by atoms with Crippen LogP contribution in [0.1, 0.15) is 60.7 Å². The van der Waals surface area contributed by atoms with Crippen molar-refractivity contribution in [1.82, 2.24) is 9.80 Å². The Hall–Kier alpha value is -1.63. The molecule has 1 aromatic carbocycles. The van der Waals surface area contributed by atoms with Crippen molar-refractivity contribution >= 4 is 5.91 Å². The SMILES string of the molecule is CC(C)N1Cc2c(cc(CN3CCC(C)(F)CC3)cc2C(F)(F)F)C1=O. The fourth-order valence-electron chi connectivity index (χ4n) is 3.69. The van der Waals surface area contributed by atoms with Gasteiger partial charge >= 0.3 is 6.18 Å². The number of halogens is 4. The molecule has 0 N–H and O–H groups in total. The van der Waals surface area contributed by atoms with Crippen LogP contribution in [0.4, 0.5) is 17.6 Å². The molecule has 0 bridgehead atoms.